The van der Waals surface area contributed by atoms with E-state index in [0.717, 1.165) is 21.8 Å². The average molecular weight is 549 g/mol. The number of esters is 2. The number of aromatic amines is 2. The minimum absolute atomic E-state index is 0.277. The number of aryl methyl sites for hydroxylation is 4. The maximum absolute atomic E-state index is 13.6. The number of aromatic carboxylic acids is 2. The fraction of sp³-hybridized carbons (Fsp3) is 0.125. The fourth-order valence-electron chi connectivity index (χ4n) is 6.11. The Morgan fingerprint density at radius 2 is 0.927 bits per heavy atom. The molecule has 2 heterocycles. The molecule has 0 aliphatic rings. The van der Waals surface area contributed by atoms with E-state index < -0.39 is 23.9 Å². The standard InChI is InChI=1S/C32H24N2O7/c1-13-21-17-9-5-7-11-19(17)33-27(21)15(3)25(23(13)29(35)36)31(39)41-32(40)26-16(4)28-22(14(2)24(26)30(37)38)18-10-6-8-12-20(18)34-28/h5-12,33-34H,1-4H3,(H,35,36)(H,37,38). The lowest BCUT2D eigenvalue weighted by atomic mass is 9.91. The lowest BCUT2D eigenvalue weighted by molar-refractivity contribution is 0.0385. The Bertz CT molecular complexity index is 2010. The normalized spacial score (nSPS) is 11.5. The molecular weight excluding hydrogens is 524 g/mol. The zero-order valence-corrected chi connectivity index (χ0v) is 22.6. The minimum Gasteiger partial charge on any atom is -0.478 e. The van der Waals surface area contributed by atoms with Crippen LogP contribution in [-0.2, 0) is 4.74 Å². The predicted octanol–water partition coefficient (Wildman–Crippen LogP) is 6.58. The molecule has 0 saturated heterocycles. The summed E-state index contributed by atoms with van der Waals surface area (Å²) in [5.74, 6) is -5.07. The van der Waals surface area contributed by atoms with Gasteiger partial charge in [0.1, 0.15) is 0 Å². The average Bonchev–Trinajstić information content (AvgIpc) is 3.51. The van der Waals surface area contributed by atoms with Crippen molar-refractivity contribution in [2.75, 3.05) is 0 Å². The number of benzene rings is 4. The molecule has 0 unspecified atom stereocenters. The number of hydrogen-bond donors (Lipinski definition) is 4. The van der Waals surface area contributed by atoms with Crippen LogP contribution in [0.15, 0.2) is 48.5 Å². The van der Waals surface area contributed by atoms with Crippen molar-refractivity contribution in [2.24, 2.45) is 0 Å². The van der Waals surface area contributed by atoms with Crippen molar-refractivity contribution in [3.05, 3.63) is 93.0 Å². The maximum atomic E-state index is 13.6. The van der Waals surface area contributed by atoms with Crippen LogP contribution in [0, 0.1) is 27.7 Å². The number of carboxylic acid groups (broad SMARTS) is 2. The SMILES string of the molecule is Cc1c(C(=O)OC(=O)c2c(C(=O)O)c(C)c3c([nH]c4ccccc43)c2C)c(C(=O)O)c(C)c2c1[nH]c1ccccc12. The van der Waals surface area contributed by atoms with E-state index in [1.165, 1.54) is 0 Å². The zero-order valence-electron chi connectivity index (χ0n) is 22.6. The van der Waals surface area contributed by atoms with Gasteiger partial charge >= 0.3 is 23.9 Å². The smallest absolute Gasteiger partial charge is 0.347 e. The van der Waals surface area contributed by atoms with Gasteiger partial charge in [0.15, 0.2) is 0 Å². The van der Waals surface area contributed by atoms with Gasteiger partial charge < -0.3 is 24.9 Å². The summed E-state index contributed by atoms with van der Waals surface area (Å²) in [4.78, 5) is 58.6. The number of hydrogen-bond acceptors (Lipinski definition) is 5. The second-order valence-corrected chi connectivity index (χ2v) is 10.1. The van der Waals surface area contributed by atoms with Gasteiger partial charge in [-0.2, -0.15) is 0 Å². The molecule has 0 aliphatic heterocycles. The first-order chi connectivity index (χ1) is 19.5. The molecule has 204 valence electrons. The van der Waals surface area contributed by atoms with Crippen molar-refractivity contribution in [1.29, 1.82) is 0 Å². The van der Waals surface area contributed by atoms with Gasteiger partial charge in [0, 0.05) is 32.6 Å². The first kappa shape index (κ1) is 25.8. The molecule has 6 aromatic rings. The van der Waals surface area contributed by atoms with E-state index >= 15 is 0 Å². The molecule has 4 N–H and O–H groups in total. The Morgan fingerprint density at radius 1 is 0.561 bits per heavy atom. The van der Waals surface area contributed by atoms with Gasteiger partial charge in [-0.05, 0) is 62.1 Å². The molecule has 41 heavy (non-hydrogen) atoms. The van der Waals surface area contributed by atoms with Crippen molar-refractivity contribution in [3.8, 4) is 0 Å². The molecule has 0 fully saturated rings. The molecule has 0 amide bonds. The van der Waals surface area contributed by atoms with Crippen LogP contribution in [0.1, 0.15) is 63.7 Å². The van der Waals surface area contributed by atoms with Crippen LogP contribution in [0.5, 0.6) is 0 Å². The summed E-state index contributed by atoms with van der Waals surface area (Å²) in [6.07, 6.45) is 0. The zero-order chi connectivity index (χ0) is 29.3. The largest absolute Gasteiger partial charge is 0.478 e. The highest BCUT2D eigenvalue weighted by molar-refractivity contribution is 6.21. The van der Waals surface area contributed by atoms with Crippen molar-refractivity contribution in [1.82, 2.24) is 9.97 Å². The maximum Gasteiger partial charge on any atom is 0.347 e. The van der Waals surface area contributed by atoms with Crippen LogP contribution in [0.25, 0.3) is 43.6 Å². The van der Waals surface area contributed by atoms with E-state index in [9.17, 15) is 29.4 Å². The molecule has 9 heteroatoms. The molecule has 9 nitrogen and oxygen atoms in total. The monoisotopic (exact) mass is 548 g/mol. The molecule has 0 radical (unpaired) electrons. The molecule has 0 spiro atoms. The van der Waals surface area contributed by atoms with Crippen LogP contribution in [-0.4, -0.2) is 44.1 Å². The van der Waals surface area contributed by atoms with Crippen LogP contribution in [0.2, 0.25) is 0 Å². The number of rotatable bonds is 4. The number of H-pyrrole nitrogens is 2. The lowest BCUT2D eigenvalue weighted by Gasteiger charge is -2.16. The van der Waals surface area contributed by atoms with Gasteiger partial charge in [0.2, 0.25) is 0 Å². The minimum atomic E-state index is -1.35. The third-order valence-corrected chi connectivity index (χ3v) is 7.93. The number of aromatic nitrogens is 2. The molecule has 0 bridgehead atoms. The predicted molar refractivity (Wildman–Crippen MR) is 154 cm³/mol. The summed E-state index contributed by atoms with van der Waals surface area (Å²) >= 11 is 0. The number of para-hydroxylation sites is 2. The molecule has 4 aromatic carbocycles. The molecule has 0 atom stereocenters. The van der Waals surface area contributed by atoms with Crippen molar-refractivity contribution in [3.63, 3.8) is 0 Å². The molecule has 0 saturated carbocycles. The summed E-state index contributed by atoms with van der Waals surface area (Å²) in [7, 11) is 0. The molecular formula is C32H24N2O7. The second kappa shape index (κ2) is 9.06. The van der Waals surface area contributed by atoms with Gasteiger partial charge in [-0.25, -0.2) is 19.2 Å². The van der Waals surface area contributed by atoms with Crippen molar-refractivity contribution in [2.45, 2.75) is 27.7 Å². The van der Waals surface area contributed by atoms with Gasteiger partial charge in [0.25, 0.3) is 0 Å². The van der Waals surface area contributed by atoms with Gasteiger partial charge in [0.05, 0.1) is 33.3 Å². The Kier molecular flexibility index (Phi) is 5.70. The first-order valence-corrected chi connectivity index (χ1v) is 12.8. The summed E-state index contributed by atoms with van der Waals surface area (Å²) in [5.41, 5.74) is 2.78. The number of ether oxygens (including phenoxy) is 1. The van der Waals surface area contributed by atoms with Crippen LogP contribution < -0.4 is 0 Å². The topological polar surface area (TPSA) is 150 Å². The highest BCUT2D eigenvalue weighted by atomic mass is 16.6. The first-order valence-electron chi connectivity index (χ1n) is 12.8. The van der Waals surface area contributed by atoms with Crippen molar-refractivity contribution < 1.29 is 34.1 Å². The van der Waals surface area contributed by atoms with Gasteiger partial charge in [-0.3, -0.25) is 0 Å². The number of nitrogens with one attached hydrogen (secondary N) is 2. The van der Waals surface area contributed by atoms with Gasteiger partial charge in [-0.1, -0.05) is 36.4 Å². The highest BCUT2D eigenvalue weighted by Crippen LogP contribution is 2.37. The van der Waals surface area contributed by atoms with Crippen LogP contribution in [0.4, 0.5) is 0 Å². The van der Waals surface area contributed by atoms with Crippen LogP contribution >= 0.6 is 0 Å². The Morgan fingerprint density at radius 3 is 1.29 bits per heavy atom. The second-order valence-electron chi connectivity index (χ2n) is 10.1. The summed E-state index contributed by atoms with van der Waals surface area (Å²) < 4.78 is 5.29. The summed E-state index contributed by atoms with van der Waals surface area (Å²) in [6, 6.07) is 14.7. The van der Waals surface area contributed by atoms with Crippen molar-refractivity contribution >= 4 is 67.5 Å². The summed E-state index contributed by atoms with van der Waals surface area (Å²) in [6.45, 7) is 6.37. The van der Waals surface area contributed by atoms with E-state index in [4.69, 9.17) is 4.74 Å². The van der Waals surface area contributed by atoms with E-state index in [2.05, 4.69) is 9.97 Å². The molecule has 6 rings (SSSR count). The Labute approximate surface area is 232 Å². The molecule has 0 aliphatic carbocycles. The van der Waals surface area contributed by atoms with E-state index in [-0.39, 0.29) is 22.3 Å². The van der Waals surface area contributed by atoms with E-state index in [1.807, 2.05) is 48.5 Å². The number of fused-ring (bicyclic) bond motifs is 6. The van der Waals surface area contributed by atoms with Crippen LogP contribution in [0.3, 0.4) is 0 Å². The Balaban J connectivity index is 1.53. The molecule has 2 aromatic heterocycles. The van der Waals surface area contributed by atoms with E-state index in [0.29, 0.717) is 44.1 Å². The quantitative estimate of drug-likeness (QED) is 0.143. The van der Waals surface area contributed by atoms with E-state index in [1.54, 1.807) is 27.7 Å². The number of carbonyl (C=O) groups is 4. The third-order valence-electron chi connectivity index (χ3n) is 7.93. The number of carboxylic acids is 2. The lowest BCUT2D eigenvalue weighted by Crippen LogP contribution is -2.22. The Hall–Kier alpha value is -5.44. The third kappa shape index (κ3) is 3.62. The highest BCUT2D eigenvalue weighted by Gasteiger charge is 2.32. The van der Waals surface area contributed by atoms with Gasteiger partial charge in [-0.15, -0.1) is 0 Å². The fourth-order valence-corrected chi connectivity index (χ4v) is 6.11. The number of carbonyl (C=O) groups excluding carboxylic acids is 2. The summed E-state index contributed by atoms with van der Waals surface area (Å²) in [5, 5.41) is 23.2.